The molecular formula is C23H37N5O. The Kier molecular flexibility index (Phi) is 7.92. The fourth-order valence-electron chi connectivity index (χ4n) is 4.39. The predicted octanol–water partition coefficient (Wildman–Crippen LogP) is 2.59. The minimum Gasteiger partial charge on any atom is -0.357 e. The van der Waals surface area contributed by atoms with E-state index < -0.39 is 0 Å². The van der Waals surface area contributed by atoms with Crippen molar-refractivity contribution in [2.75, 3.05) is 33.7 Å². The van der Waals surface area contributed by atoms with Gasteiger partial charge >= 0.3 is 0 Å². The van der Waals surface area contributed by atoms with E-state index in [1.807, 2.05) is 0 Å². The van der Waals surface area contributed by atoms with Gasteiger partial charge in [-0.1, -0.05) is 37.1 Å². The van der Waals surface area contributed by atoms with Gasteiger partial charge < -0.3 is 20.4 Å². The van der Waals surface area contributed by atoms with Gasteiger partial charge in [0.2, 0.25) is 5.91 Å². The molecule has 1 amide bonds. The highest BCUT2D eigenvalue weighted by Crippen LogP contribution is 2.27. The highest BCUT2D eigenvalue weighted by atomic mass is 16.2. The van der Waals surface area contributed by atoms with E-state index in [4.69, 9.17) is 4.99 Å². The lowest BCUT2D eigenvalue weighted by Gasteiger charge is -2.21. The highest BCUT2D eigenvalue weighted by Gasteiger charge is 2.32. The van der Waals surface area contributed by atoms with Crippen LogP contribution in [-0.4, -0.2) is 61.4 Å². The molecule has 0 spiro atoms. The Morgan fingerprint density at radius 3 is 2.59 bits per heavy atom. The topological polar surface area (TPSA) is 60.0 Å². The largest absolute Gasteiger partial charge is 0.357 e. The van der Waals surface area contributed by atoms with E-state index in [0.29, 0.717) is 12.5 Å². The van der Waals surface area contributed by atoms with Crippen molar-refractivity contribution >= 4 is 11.9 Å². The molecule has 1 aliphatic carbocycles. The number of aliphatic imine (C=N–C) groups is 1. The van der Waals surface area contributed by atoms with Crippen LogP contribution in [-0.2, 0) is 17.9 Å². The van der Waals surface area contributed by atoms with Gasteiger partial charge in [0.25, 0.3) is 0 Å². The number of benzene rings is 1. The van der Waals surface area contributed by atoms with E-state index in [9.17, 15) is 4.79 Å². The molecule has 1 saturated heterocycles. The molecule has 1 heterocycles. The molecule has 0 aromatic heterocycles. The Morgan fingerprint density at radius 1 is 1.17 bits per heavy atom. The van der Waals surface area contributed by atoms with Gasteiger partial charge in [-0.3, -0.25) is 4.79 Å². The van der Waals surface area contributed by atoms with Gasteiger partial charge in [0.15, 0.2) is 5.96 Å². The van der Waals surface area contributed by atoms with Crippen molar-refractivity contribution in [2.45, 2.75) is 58.2 Å². The van der Waals surface area contributed by atoms with Gasteiger partial charge in [-0.2, -0.15) is 0 Å². The van der Waals surface area contributed by atoms with Crippen molar-refractivity contribution < 1.29 is 4.79 Å². The van der Waals surface area contributed by atoms with E-state index in [2.05, 4.69) is 65.7 Å². The van der Waals surface area contributed by atoms with Crippen molar-refractivity contribution in [1.29, 1.82) is 0 Å². The maximum absolute atomic E-state index is 12.7. The summed E-state index contributed by atoms with van der Waals surface area (Å²) in [7, 11) is 4.18. The highest BCUT2D eigenvalue weighted by molar-refractivity contribution is 5.81. The first-order valence-corrected chi connectivity index (χ1v) is 11.1. The lowest BCUT2D eigenvalue weighted by Crippen LogP contribution is -2.45. The van der Waals surface area contributed by atoms with Crippen molar-refractivity contribution in [1.82, 2.24) is 20.4 Å². The lowest BCUT2D eigenvalue weighted by molar-refractivity contribution is -0.134. The van der Waals surface area contributed by atoms with E-state index >= 15 is 0 Å². The van der Waals surface area contributed by atoms with Crippen LogP contribution < -0.4 is 10.6 Å². The molecule has 160 valence electrons. The van der Waals surface area contributed by atoms with Crippen LogP contribution in [0.5, 0.6) is 0 Å². The van der Waals surface area contributed by atoms with Gasteiger partial charge in [0, 0.05) is 38.1 Å². The van der Waals surface area contributed by atoms with Crippen LogP contribution >= 0.6 is 0 Å². The van der Waals surface area contributed by atoms with Gasteiger partial charge in [0.1, 0.15) is 0 Å². The summed E-state index contributed by atoms with van der Waals surface area (Å²) in [5.41, 5.74) is 2.56. The Bertz CT molecular complexity index is 696. The number of amides is 1. The van der Waals surface area contributed by atoms with Crippen LogP contribution in [0.3, 0.4) is 0 Å². The van der Waals surface area contributed by atoms with Crippen LogP contribution in [0.4, 0.5) is 0 Å². The summed E-state index contributed by atoms with van der Waals surface area (Å²) >= 11 is 0. The molecule has 0 bridgehead atoms. The zero-order chi connectivity index (χ0) is 20.6. The van der Waals surface area contributed by atoms with Crippen LogP contribution in [0.25, 0.3) is 0 Å². The average molecular weight is 400 g/mol. The smallest absolute Gasteiger partial charge is 0.225 e. The fourth-order valence-corrected chi connectivity index (χ4v) is 4.39. The first-order valence-electron chi connectivity index (χ1n) is 11.1. The Balaban J connectivity index is 1.58. The number of likely N-dealkylation sites (tertiary alicyclic amines) is 1. The predicted molar refractivity (Wildman–Crippen MR) is 119 cm³/mol. The normalized spacial score (nSPS) is 20.5. The summed E-state index contributed by atoms with van der Waals surface area (Å²) < 4.78 is 0. The molecule has 2 fully saturated rings. The molecule has 1 unspecified atom stereocenters. The molecule has 2 aliphatic rings. The molecule has 2 N–H and O–H groups in total. The van der Waals surface area contributed by atoms with E-state index in [-0.39, 0.29) is 12.0 Å². The SMILES string of the molecule is CCNC(=NCc1ccccc1CN(C)C)NC1CCN(C(=O)C2CCCC2)C1. The monoisotopic (exact) mass is 399 g/mol. The third-order valence-electron chi connectivity index (χ3n) is 5.90. The van der Waals surface area contributed by atoms with Crippen LogP contribution in [0, 0.1) is 5.92 Å². The number of nitrogens with zero attached hydrogens (tertiary/aromatic N) is 3. The molecule has 1 aliphatic heterocycles. The lowest BCUT2D eigenvalue weighted by atomic mass is 10.1. The zero-order valence-corrected chi connectivity index (χ0v) is 18.3. The van der Waals surface area contributed by atoms with E-state index in [1.54, 1.807) is 0 Å². The zero-order valence-electron chi connectivity index (χ0n) is 18.3. The molecule has 1 atom stereocenters. The molecular weight excluding hydrogens is 362 g/mol. The number of guanidine groups is 1. The first kappa shape index (κ1) is 21.6. The molecule has 6 nitrogen and oxygen atoms in total. The summed E-state index contributed by atoms with van der Waals surface area (Å²) in [6, 6.07) is 8.77. The van der Waals surface area contributed by atoms with Gasteiger partial charge in [-0.25, -0.2) is 4.99 Å². The van der Waals surface area contributed by atoms with Crippen LogP contribution in [0.1, 0.15) is 50.2 Å². The molecule has 1 saturated carbocycles. The number of carbonyl (C=O) groups excluding carboxylic acids is 1. The van der Waals surface area contributed by atoms with Crippen molar-refractivity contribution in [2.24, 2.45) is 10.9 Å². The number of nitrogens with one attached hydrogen (secondary N) is 2. The van der Waals surface area contributed by atoms with E-state index in [0.717, 1.165) is 51.4 Å². The third kappa shape index (κ3) is 6.20. The molecule has 29 heavy (non-hydrogen) atoms. The van der Waals surface area contributed by atoms with Crippen molar-refractivity contribution in [3.8, 4) is 0 Å². The Morgan fingerprint density at radius 2 is 1.90 bits per heavy atom. The second-order valence-corrected chi connectivity index (χ2v) is 8.60. The third-order valence-corrected chi connectivity index (χ3v) is 5.90. The number of hydrogen-bond acceptors (Lipinski definition) is 3. The van der Waals surface area contributed by atoms with Crippen LogP contribution in [0.2, 0.25) is 0 Å². The number of carbonyl (C=O) groups is 1. The fraction of sp³-hybridized carbons (Fsp3) is 0.652. The molecule has 1 aromatic rings. The first-order chi connectivity index (χ1) is 14.1. The maximum Gasteiger partial charge on any atom is 0.225 e. The number of rotatable bonds is 7. The van der Waals surface area contributed by atoms with Gasteiger partial charge in [0.05, 0.1) is 6.54 Å². The maximum atomic E-state index is 12.7. The Hall–Kier alpha value is -2.08. The molecule has 1 aromatic carbocycles. The summed E-state index contributed by atoms with van der Waals surface area (Å²) in [5.74, 6) is 1.47. The van der Waals surface area contributed by atoms with Crippen molar-refractivity contribution in [3.05, 3.63) is 35.4 Å². The molecule has 3 rings (SSSR count). The quantitative estimate of drug-likeness (QED) is 0.547. The standard InChI is InChI=1S/C23H37N5O/c1-4-24-23(25-15-19-11-7-8-12-20(19)16-27(2)3)26-21-13-14-28(17-21)22(29)18-9-5-6-10-18/h7-8,11-12,18,21H,4-6,9-10,13-17H2,1-3H3,(H2,24,25,26). The summed E-state index contributed by atoms with van der Waals surface area (Å²) in [6.45, 7) is 6.12. The van der Waals surface area contributed by atoms with Crippen LogP contribution in [0.15, 0.2) is 29.3 Å². The minimum atomic E-state index is 0.267. The van der Waals surface area contributed by atoms with Gasteiger partial charge in [-0.15, -0.1) is 0 Å². The second-order valence-electron chi connectivity index (χ2n) is 8.60. The second kappa shape index (κ2) is 10.6. The van der Waals surface area contributed by atoms with E-state index in [1.165, 1.54) is 24.0 Å². The summed E-state index contributed by atoms with van der Waals surface area (Å²) in [5, 5.41) is 6.92. The van der Waals surface area contributed by atoms with Crippen molar-refractivity contribution in [3.63, 3.8) is 0 Å². The molecule has 0 radical (unpaired) electrons. The summed E-state index contributed by atoms with van der Waals surface area (Å²) in [4.78, 5) is 21.8. The molecule has 6 heteroatoms. The average Bonchev–Trinajstić information content (AvgIpc) is 3.39. The Labute approximate surface area is 175 Å². The van der Waals surface area contributed by atoms with Gasteiger partial charge in [-0.05, 0) is 51.4 Å². The summed E-state index contributed by atoms with van der Waals surface area (Å²) in [6.07, 6.45) is 5.55. The minimum absolute atomic E-state index is 0.267. The number of hydrogen-bond donors (Lipinski definition) is 2.